The summed E-state index contributed by atoms with van der Waals surface area (Å²) in [5, 5.41) is 12.2. The van der Waals surface area contributed by atoms with Crippen LogP contribution in [0.15, 0.2) is 36.4 Å². The summed E-state index contributed by atoms with van der Waals surface area (Å²) in [6.45, 7) is 5.89. The first-order valence-electron chi connectivity index (χ1n) is 8.70. The number of nitrogen functional groups attached to an aromatic ring is 1. The maximum Gasteiger partial charge on any atom is 0.292 e. The molecule has 2 N–H and O–H groups in total. The standard InChI is InChI=1S/C19H23ClN4O2.2ClH/c1-14-10-19(24(25)26)18(12-17(14)21)23-7-3-6-22(8-9-23)13-15-4-2-5-16(20)11-15;;/h2,4-5,10-12H,3,6-9,13,21H2,1H3;2*1H. The molecule has 0 radical (unpaired) electrons. The van der Waals surface area contributed by atoms with Gasteiger partial charge >= 0.3 is 0 Å². The highest BCUT2D eigenvalue weighted by Crippen LogP contribution is 2.33. The van der Waals surface area contributed by atoms with E-state index in [0.717, 1.165) is 49.7 Å². The fourth-order valence-corrected chi connectivity index (χ4v) is 3.57. The summed E-state index contributed by atoms with van der Waals surface area (Å²) in [7, 11) is 0. The normalized spacial score (nSPS) is 14.6. The zero-order chi connectivity index (χ0) is 18.7. The lowest BCUT2D eigenvalue weighted by Crippen LogP contribution is -2.31. The Kier molecular flexibility index (Phi) is 9.30. The van der Waals surface area contributed by atoms with Crippen LogP contribution in [0.3, 0.4) is 0 Å². The zero-order valence-electron chi connectivity index (χ0n) is 15.6. The Balaban J connectivity index is 0.00000196. The van der Waals surface area contributed by atoms with E-state index >= 15 is 0 Å². The second-order valence-corrected chi connectivity index (χ2v) is 7.14. The second-order valence-electron chi connectivity index (χ2n) is 6.70. The first kappa shape index (κ1) is 24.3. The number of hydrogen-bond acceptors (Lipinski definition) is 5. The van der Waals surface area contributed by atoms with Crippen molar-refractivity contribution >= 4 is 53.5 Å². The topological polar surface area (TPSA) is 75.6 Å². The van der Waals surface area contributed by atoms with Crippen molar-refractivity contribution in [2.24, 2.45) is 0 Å². The Labute approximate surface area is 182 Å². The van der Waals surface area contributed by atoms with Crippen LogP contribution in [0.2, 0.25) is 5.02 Å². The van der Waals surface area contributed by atoms with E-state index in [4.69, 9.17) is 17.3 Å². The Morgan fingerprint density at radius 1 is 1.14 bits per heavy atom. The molecule has 0 saturated carbocycles. The van der Waals surface area contributed by atoms with Gasteiger partial charge in [0, 0.05) is 49.5 Å². The average Bonchev–Trinajstić information content (AvgIpc) is 2.82. The van der Waals surface area contributed by atoms with E-state index in [1.165, 1.54) is 5.56 Å². The molecule has 2 aromatic carbocycles. The minimum Gasteiger partial charge on any atom is -0.398 e. The molecule has 0 atom stereocenters. The van der Waals surface area contributed by atoms with Gasteiger partial charge in [0.15, 0.2) is 0 Å². The molecule has 1 aliphatic heterocycles. The fraction of sp³-hybridized carbons (Fsp3) is 0.368. The second kappa shape index (κ2) is 10.7. The van der Waals surface area contributed by atoms with E-state index in [-0.39, 0.29) is 35.4 Å². The van der Waals surface area contributed by atoms with Crippen molar-refractivity contribution < 1.29 is 4.92 Å². The van der Waals surface area contributed by atoms with Crippen molar-refractivity contribution in [2.75, 3.05) is 36.8 Å². The predicted octanol–water partition coefficient (Wildman–Crippen LogP) is 4.69. The number of nitrogens with zero attached hydrogens (tertiary/aromatic N) is 3. The maximum atomic E-state index is 11.5. The van der Waals surface area contributed by atoms with Crippen LogP contribution in [0.1, 0.15) is 17.5 Å². The summed E-state index contributed by atoms with van der Waals surface area (Å²) in [5.41, 5.74) is 9.25. The quantitative estimate of drug-likeness (QED) is 0.418. The van der Waals surface area contributed by atoms with Crippen molar-refractivity contribution in [3.05, 3.63) is 62.7 Å². The number of halogens is 3. The summed E-state index contributed by atoms with van der Waals surface area (Å²) in [6, 6.07) is 11.2. The molecule has 3 rings (SSSR count). The number of hydrogen-bond donors (Lipinski definition) is 1. The van der Waals surface area contributed by atoms with Crippen LogP contribution < -0.4 is 10.6 Å². The van der Waals surface area contributed by atoms with Gasteiger partial charge in [0.05, 0.1) is 4.92 Å². The van der Waals surface area contributed by atoms with Gasteiger partial charge < -0.3 is 10.6 Å². The lowest BCUT2D eigenvalue weighted by molar-refractivity contribution is -0.384. The summed E-state index contributed by atoms with van der Waals surface area (Å²) in [5.74, 6) is 0. The number of benzene rings is 2. The van der Waals surface area contributed by atoms with E-state index in [1.807, 2.05) is 18.2 Å². The molecule has 0 bridgehead atoms. The summed E-state index contributed by atoms with van der Waals surface area (Å²) in [6.07, 6.45) is 0.936. The molecule has 1 saturated heterocycles. The average molecular weight is 448 g/mol. The lowest BCUT2D eigenvalue weighted by atomic mass is 10.1. The molecule has 1 aliphatic rings. The third kappa shape index (κ3) is 5.88. The number of aryl methyl sites for hydroxylation is 1. The van der Waals surface area contributed by atoms with Crippen LogP contribution in [-0.2, 0) is 6.54 Å². The number of nitro groups is 1. The fourth-order valence-electron chi connectivity index (χ4n) is 3.36. The SMILES string of the molecule is Cc1cc([N+](=O)[O-])c(N2CCCN(Cc3cccc(Cl)c3)CC2)cc1N.Cl.Cl. The number of nitrogens with two attached hydrogens (primary N) is 1. The Morgan fingerprint density at radius 3 is 2.57 bits per heavy atom. The smallest absolute Gasteiger partial charge is 0.292 e. The van der Waals surface area contributed by atoms with Crippen LogP contribution in [0.5, 0.6) is 0 Å². The van der Waals surface area contributed by atoms with Crippen molar-refractivity contribution in [1.82, 2.24) is 4.90 Å². The molecule has 2 aromatic rings. The van der Waals surface area contributed by atoms with E-state index in [0.29, 0.717) is 11.4 Å². The highest BCUT2D eigenvalue weighted by molar-refractivity contribution is 6.30. The third-order valence-corrected chi connectivity index (χ3v) is 5.02. The lowest BCUT2D eigenvalue weighted by Gasteiger charge is -2.24. The highest BCUT2D eigenvalue weighted by atomic mass is 35.5. The molecule has 0 aromatic heterocycles. The molecule has 154 valence electrons. The predicted molar refractivity (Wildman–Crippen MR) is 120 cm³/mol. The zero-order valence-corrected chi connectivity index (χ0v) is 18.0. The van der Waals surface area contributed by atoms with Crippen LogP contribution in [0.4, 0.5) is 17.1 Å². The number of rotatable bonds is 4. The van der Waals surface area contributed by atoms with Gasteiger partial charge in [0.1, 0.15) is 5.69 Å². The van der Waals surface area contributed by atoms with E-state index in [9.17, 15) is 10.1 Å². The van der Waals surface area contributed by atoms with Gasteiger partial charge in [0.2, 0.25) is 0 Å². The number of anilines is 2. The largest absolute Gasteiger partial charge is 0.398 e. The van der Waals surface area contributed by atoms with Gasteiger partial charge in [-0.05, 0) is 42.7 Å². The molecule has 0 aliphatic carbocycles. The molecular formula is C19H25Cl3N4O2. The molecular weight excluding hydrogens is 423 g/mol. The summed E-state index contributed by atoms with van der Waals surface area (Å²) in [4.78, 5) is 15.6. The molecule has 1 fully saturated rings. The maximum absolute atomic E-state index is 11.5. The third-order valence-electron chi connectivity index (χ3n) is 4.78. The monoisotopic (exact) mass is 446 g/mol. The van der Waals surface area contributed by atoms with Crippen molar-refractivity contribution in [1.29, 1.82) is 0 Å². The molecule has 0 spiro atoms. The molecule has 0 amide bonds. The van der Waals surface area contributed by atoms with Gasteiger partial charge in [-0.15, -0.1) is 24.8 Å². The van der Waals surface area contributed by atoms with Gasteiger partial charge in [-0.25, -0.2) is 0 Å². The Bertz CT molecular complexity index is 820. The Hall–Kier alpha value is -1.73. The van der Waals surface area contributed by atoms with Crippen LogP contribution in [0, 0.1) is 17.0 Å². The first-order chi connectivity index (χ1) is 12.4. The van der Waals surface area contributed by atoms with Crippen LogP contribution in [0.25, 0.3) is 0 Å². The Morgan fingerprint density at radius 2 is 1.89 bits per heavy atom. The molecule has 6 nitrogen and oxygen atoms in total. The molecule has 0 unspecified atom stereocenters. The van der Waals surface area contributed by atoms with Crippen molar-refractivity contribution in [2.45, 2.75) is 19.9 Å². The molecule has 1 heterocycles. The van der Waals surface area contributed by atoms with Crippen molar-refractivity contribution in [3.63, 3.8) is 0 Å². The molecule has 9 heteroatoms. The summed E-state index contributed by atoms with van der Waals surface area (Å²) < 4.78 is 0. The van der Waals surface area contributed by atoms with Crippen molar-refractivity contribution in [3.8, 4) is 0 Å². The minimum atomic E-state index is -0.323. The van der Waals surface area contributed by atoms with Crippen LogP contribution >= 0.6 is 36.4 Å². The van der Waals surface area contributed by atoms with Crippen LogP contribution in [-0.4, -0.2) is 36.0 Å². The van der Waals surface area contributed by atoms with Gasteiger partial charge in [0.25, 0.3) is 5.69 Å². The summed E-state index contributed by atoms with van der Waals surface area (Å²) >= 11 is 6.07. The van der Waals surface area contributed by atoms with E-state index < -0.39 is 0 Å². The number of nitro benzene ring substituents is 1. The molecule has 28 heavy (non-hydrogen) atoms. The minimum absolute atomic E-state index is 0. The van der Waals surface area contributed by atoms with Gasteiger partial charge in [-0.2, -0.15) is 0 Å². The van der Waals surface area contributed by atoms with E-state index in [2.05, 4.69) is 15.9 Å². The van der Waals surface area contributed by atoms with E-state index in [1.54, 1.807) is 19.1 Å². The highest BCUT2D eigenvalue weighted by Gasteiger charge is 2.23. The first-order valence-corrected chi connectivity index (χ1v) is 9.08. The van der Waals surface area contributed by atoms with Gasteiger partial charge in [-0.1, -0.05) is 23.7 Å². The van der Waals surface area contributed by atoms with Gasteiger partial charge in [-0.3, -0.25) is 15.0 Å².